The lowest BCUT2D eigenvalue weighted by Gasteiger charge is -2.25. The molecule has 4 nitrogen and oxygen atoms in total. The van der Waals surface area contributed by atoms with Crippen LogP contribution in [0.4, 0.5) is 5.69 Å². The van der Waals surface area contributed by atoms with Crippen LogP contribution >= 0.6 is 12.4 Å². The van der Waals surface area contributed by atoms with Gasteiger partial charge in [0.2, 0.25) is 5.91 Å². The summed E-state index contributed by atoms with van der Waals surface area (Å²) in [5.74, 6) is 0.173. The molecule has 1 unspecified atom stereocenters. The first-order valence-corrected chi connectivity index (χ1v) is 8.48. The summed E-state index contributed by atoms with van der Waals surface area (Å²) >= 11 is 0. The highest BCUT2D eigenvalue weighted by Crippen LogP contribution is 2.18. The molecule has 0 aliphatic carbocycles. The minimum absolute atomic E-state index is 0. The molecule has 0 saturated carbocycles. The number of anilines is 1. The number of hydrogen-bond donors (Lipinski definition) is 1. The summed E-state index contributed by atoms with van der Waals surface area (Å²) in [6.45, 7) is 2.94. The van der Waals surface area contributed by atoms with Gasteiger partial charge in [-0.05, 0) is 29.7 Å². The van der Waals surface area contributed by atoms with Gasteiger partial charge < -0.3 is 10.6 Å². The summed E-state index contributed by atoms with van der Waals surface area (Å²) in [5.41, 5.74) is 8.76. The van der Waals surface area contributed by atoms with E-state index in [2.05, 4.69) is 29.2 Å². The first-order chi connectivity index (χ1) is 11.6. The van der Waals surface area contributed by atoms with Crippen molar-refractivity contribution in [3.8, 4) is 0 Å². The van der Waals surface area contributed by atoms with E-state index in [1.54, 1.807) is 0 Å². The van der Waals surface area contributed by atoms with Gasteiger partial charge in [-0.15, -0.1) is 12.4 Å². The van der Waals surface area contributed by atoms with Gasteiger partial charge in [0, 0.05) is 38.4 Å². The SMILES string of the molecule is CN(C(=O)Cc1ccc(N)cc1)C1CCN(Cc2ccccc2)C1.Cl. The number of likely N-dealkylation sites (N-methyl/N-ethyl adjacent to an activating group) is 1. The molecule has 25 heavy (non-hydrogen) atoms. The minimum atomic E-state index is 0. The molecule has 1 heterocycles. The van der Waals surface area contributed by atoms with Crippen molar-refractivity contribution < 1.29 is 4.79 Å². The third kappa shape index (κ3) is 5.21. The van der Waals surface area contributed by atoms with Gasteiger partial charge in [-0.1, -0.05) is 42.5 Å². The molecule has 1 aliphatic heterocycles. The lowest BCUT2D eigenvalue weighted by molar-refractivity contribution is -0.131. The largest absolute Gasteiger partial charge is 0.399 e. The van der Waals surface area contributed by atoms with Crippen molar-refractivity contribution in [2.24, 2.45) is 0 Å². The average Bonchev–Trinajstić information content (AvgIpc) is 3.05. The molecule has 1 saturated heterocycles. The lowest BCUT2D eigenvalue weighted by Crippen LogP contribution is -2.39. The van der Waals surface area contributed by atoms with Crippen molar-refractivity contribution in [1.29, 1.82) is 0 Å². The second-order valence-electron chi connectivity index (χ2n) is 6.59. The number of carbonyl (C=O) groups excluding carboxylic acids is 1. The second kappa shape index (κ2) is 8.88. The first kappa shape index (κ1) is 19.3. The molecular weight excluding hydrogens is 334 g/mol. The van der Waals surface area contributed by atoms with E-state index in [-0.39, 0.29) is 18.3 Å². The average molecular weight is 360 g/mol. The van der Waals surface area contributed by atoms with E-state index in [1.807, 2.05) is 42.3 Å². The van der Waals surface area contributed by atoms with Crippen LogP contribution in [0, 0.1) is 0 Å². The molecule has 0 bridgehead atoms. The summed E-state index contributed by atoms with van der Waals surface area (Å²) in [5, 5.41) is 0. The number of halogens is 1. The van der Waals surface area contributed by atoms with E-state index in [1.165, 1.54) is 5.56 Å². The van der Waals surface area contributed by atoms with Crippen molar-refractivity contribution in [3.05, 3.63) is 65.7 Å². The highest BCUT2D eigenvalue weighted by atomic mass is 35.5. The number of benzene rings is 2. The molecule has 0 spiro atoms. The highest BCUT2D eigenvalue weighted by Gasteiger charge is 2.28. The highest BCUT2D eigenvalue weighted by molar-refractivity contribution is 5.85. The number of likely N-dealkylation sites (tertiary alicyclic amines) is 1. The topological polar surface area (TPSA) is 49.6 Å². The molecule has 1 atom stereocenters. The Morgan fingerprint density at radius 2 is 1.80 bits per heavy atom. The van der Waals surface area contributed by atoms with E-state index in [0.717, 1.165) is 37.3 Å². The third-order valence-corrected chi connectivity index (χ3v) is 4.77. The van der Waals surface area contributed by atoms with Crippen LogP contribution in [0.5, 0.6) is 0 Å². The summed E-state index contributed by atoms with van der Waals surface area (Å²) < 4.78 is 0. The van der Waals surface area contributed by atoms with Crippen molar-refractivity contribution >= 4 is 24.0 Å². The number of amides is 1. The molecule has 1 aliphatic rings. The van der Waals surface area contributed by atoms with Gasteiger partial charge in [-0.25, -0.2) is 0 Å². The van der Waals surface area contributed by atoms with E-state index >= 15 is 0 Å². The summed E-state index contributed by atoms with van der Waals surface area (Å²) in [6.07, 6.45) is 1.47. The van der Waals surface area contributed by atoms with Crippen LogP contribution in [0.1, 0.15) is 17.5 Å². The van der Waals surface area contributed by atoms with E-state index < -0.39 is 0 Å². The van der Waals surface area contributed by atoms with Crippen molar-refractivity contribution in [3.63, 3.8) is 0 Å². The maximum absolute atomic E-state index is 12.5. The standard InChI is InChI=1S/C20H25N3O.ClH/c1-22(20(24)13-16-7-9-18(21)10-8-16)19-11-12-23(15-19)14-17-5-3-2-4-6-17;/h2-10,19H,11-15,21H2,1H3;1H. The normalized spacial score (nSPS) is 17.1. The fourth-order valence-electron chi connectivity index (χ4n) is 3.25. The van der Waals surface area contributed by atoms with Crippen molar-refractivity contribution in [2.45, 2.75) is 25.4 Å². The zero-order valence-electron chi connectivity index (χ0n) is 14.6. The maximum Gasteiger partial charge on any atom is 0.227 e. The molecule has 0 radical (unpaired) electrons. The van der Waals surface area contributed by atoms with Gasteiger partial charge >= 0.3 is 0 Å². The van der Waals surface area contributed by atoms with Crippen LogP contribution in [0.15, 0.2) is 54.6 Å². The Labute approximate surface area is 156 Å². The van der Waals surface area contributed by atoms with E-state index in [4.69, 9.17) is 5.73 Å². The van der Waals surface area contributed by atoms with Crippen LogP contribution in [0.2, 0.25) is 0 Å². The van der Waals surface area contributed by atoms with E-state index in [9.17, 15) is 4.79 Å². The third-order valence-electron chi connectivity index (χ3n) is 4.77. The van der Waals surface area contributed by atoms with Crippen LogP contribution in [-0.4, -0.2) is 41.9 Å². The maximum atomic E-state index is 12.5. The Balaban J connectivity index is 0.00000225. The molecule has 2 aromatic carbocycles. The predicted molar refractivity (Wildman–Crippen MR) is 105 cm³/mol. The Bertz CT molecular complexity index is 675. The molecule has 1 fully saturated rings. The Hall–Kier alpha value is -2.04. The molecule has 0 aromatic heterocycles. The van der Waals surface area contributed by atoms with Crippen LogP contribution < -0.4 is 5.73 Å². The molecule has 3 rings (SSSR count). The molecule has 2 N–H and O–H groups in total. The van der Waals surface area contributed by atoms with Gasteiger partial charge in [0.15, 0.2) is 0 Å². The zero-order chi connectivity index (χ0) is 16.9. The number of hydrogen-bond acceptors (Lipinski definition) is 3. The van der Waals surface area contributed by atoms with Gasteiger partial charge in [0.25, 0.3) is 0 Å². The minimum Gasteiger partial charge on any atom is -0.399 e. The number of rotatable bonds is 5. The number of carbonyl (C=O) groups is 1. The Kier molecular flexibility index (Phi) is 6.85. The van der Waals surface area contributed by atoms with Crippen LogP contribution in [0.25, 0.3) is 0 Å². The molecular formula is C20H26ClN3O. The Morgan fingerprint density at radius 1 is 1.12 bits per heavy atom. The zero-order valence-corrected chi connectivity index (χ0v) is 15.4. The smallest absolute Gasteiger partial charge is 0.227 e. The number of nitrogen functional groups attached to an aromatic ring is 1. The molecule has 134 valence electrons. The van der Waals surface area contributed by atoms with Crippen LogP contribution in [-0.2, 0) is 17.8 Å². The fourth-order valence-corrected chi connectivity index (χ4v) is 3.25. The monoisotopic (exact) mass is 359 g/mol. The first-order valence-electron chi connectivity index (χ1n) is 8.48. The predicted octanol–water partition coefficient (Wildman–Crippen LogP) is 2.97. The van der Waals surface area contributed by atoms with Gasteiger partial charge in [-0.3, -0.25) is 9.69 Å². The summed E-state index contributed by atoms with van der Waals surface area (Å²) in [6, 6.07) is 18.4. The van der Waals surface area contributed by atoms with E-state index in [0.29, 0.717) is 12.5 Å². The van der Waals surface area contributed by atoms with Crippen molar-refractivity contribution in [1.82, 2.24) is 9.80 Å². The van der Waals surface area contributed by atoms with Gasteiger partial charge in [0.1, 0.15) is 0 Å². The Morgan fingerprint density at radius 3 is 2.48 bits per heavy atom. The second-order valence-corrected chi connectivity index (χ2v) is 6.59. The quantitative estimate of drug-likeness (QED) is 0.835. The molecule has 5 heteroatoms. The van der Waals surface area contributed by atoms with Crippen LogP contribution in [0.3, 0.4) is 0 Å². The number of nitrogens with two attached hydrogens (primary N) is 1. The molecule has 1 amide bonds. The van der Waals surface area contributed by atoms with Gasteiger partial charge in [0.05, 0.1) is 6.42 Å². The molecule has 2 aromatic rings. The van der Waals surface area contributed by atoms with Crippen molar-refractivity contribution in [2.75, 3.05) is 25.9 Å². The lowest BCUT2D eigenvalue weighted by atomic mass is 10.1. The fraction of sp³-hybridized carbons (Fsp3) is 0.350. The summed E-state index contributed by atoms with van der Waals surface area (Å²) in [7, 11) is 1.93. The van der Waals surface area contributed by atoms with Gasteiger partial charge in [-0.2, -0.15) is 0 Å². The number of nitrogens with zero attached hydrogens (tertiary/aromatic N) is 2. The summed E-state index contributed by atoms with van der Waals surface area (Å²) in [4.78, 5) is 16.9.